The summed E-state index contributed by atoms with van der Waals surface area (Å²) >= 11 is 0. The second-order valence-electron chi connectivity index (χ2n) is 4.60. The number of benzene rings is 1. The standard InChI is InChI=1S/C13H18N2O4/c1-18-9-6-7-12(15(16)17)11(8-9)14-10-4-3-5-13(10)19-2/h6-8,10,13-14H,3-5H2,1-2H3. The predicted molar refractivity (Wildman–Crippen MR) is 71.7 cm³/mol. The quantitative estimate of drug-likeness (QED) is 0.655. The predicted octanol–water partition coefficient (Wildman–Crippen LogP) is 2.58. The summed E-state index contributed by atoms with van der Waals surface area (Å²) in [5.74, 6) is 0.597. The zero-order valence-electron chi connectivity index (χ0n) is 11.1. The van der Waals surface area contributed by atoms with Crippen molar-refractivity contribution < 1.29 is 14.4 Å². The zero-order chi connectivity index (χ0) is 13.8. The largest absolute Gasteiger partial charge is 0.497 e. The topological polar surface area (TPSA) is 73.6 Å². The Morgan fingerprint density at radius 3 is 2.79 bits per heavy atom. The van der Waals surface area contributed by atoms with Crippen LogP contribution in [0, 0.1) is 10.1 Å². The van der Waals surface area contributed by atoms with Crippen LogP contribution >= 0.6 is 0 Å². The van der Waals surface area contributed by atoms with Gasteiger partial charge in [0.25, 0.3) is 5.69 Å². The SMILES string of the molecule is COc1ccc([N+](=O)[O-])c(NC2CCCC2OC)c1. The van der Waals surface area contributed by atoms with Gasteiger partial charge in [0.05, 0.1) is 24.2 Å². The number of methoxy groups -OCH3 is 2. The smallest absolute Gasteiger partial charge is 0.292 e. The fourth-order valence-electron chi connectivity index (χ4n) is 2.49. The Balaban J connectivity index is 2.24. The summed E-state index contributed by atoms with van der Waals surface area (Å²) < 4.78 is 10.5. The second kappa shape index (κ2) is 5.88. The average molecular weight is 266 g/mol. The fraction of sp³-hybridized carbons (Fsp3) is 0.538. The van der Waals surface area contributed by atoms with Crippen LogP contribution in [0.3, 0.4) is 0 Å². The summed E-state index contributed by atoms with van der Waals surface area (Å²) in [4.78, 5) is 10.6. The molecule has 104 valence electrons. The van der Waals surface area contributed by atoms with Crippen LogP contribution in [0.25, 0.3) is 0 Å². The van der Waals surface area contributed by atoms with Crippen molar-refractivity contribution in [2.75, 3.05) is 19.5 Å². The lowest BCUT2D eigenvalue weighted by Crippen LogP contribution is -2.29. The maximum Gasteiger partial charge on any atom is 0.292 e. The molecule has 2 atom stereocenters. The second-order valence-corrected chi connectivity index (χ2v) is 4.60. The Kier molecular flexibility index (Phi) is 4.21. The molecule has 1 aromatic carbocycles. The molecule has 1 aliphatic carbocycles. The van der Waals surface area contributed by atoms with E-state index in [1.54, 1.807) is 26.4 Å². The highest BCUT2D eigenvalue weighted by Crippen LogP contribution is 2.32. The molecular formula is C13H18N2O4. The number of ether oxygens (including phenoxy) is 2. The van der Waals surface area contributed by atoms with Gasteiger partial charge in [-0.15, -0.1) is 0 Å². The number of rotatable bonds is 5. The van der Waals surface area contributed by atoms with Crippen molar-refractivity contribution in [3.8, 4) is 5.75 Å². The molecule has 0 spiro atoms. The summed E-state index contributed by atoms with van der Waals surface area (Å²) in [5, 5.41) is 14.3. The molecule has 6 heteroatoms. The molecule has 0 aliphatic heterocycles. The van der Waals surface area contributed by atoms with Crippen LogP contribution in [0.1, 0.15) is 19.3 Å². The molecule has 1 aliphatic rings. The Labute approximate surface area is 111 Å². The molecule has 0 bridgehead atoms. The molecule has 1 fully saturated rings. The molecule has 19 heavy (non-hydrogen) atoms. The highest BCUT2D eigenvalue weighted by molar-refractivity contribution is 5.64. The molecule has 1 N–H and O–H groups in total. The molecule has 1 saturated carbocycles. The van der Waals surface area contributed by atoms with Crippen LogP contribution in [-0.4, -0.2) is 31.3 Å². The van der Waals surface area contributed by atoms with Crippen LogP contribution in [0.4, 0.5) is 11.4 Å². The van der Waals surface area contributed by atoms with E-state index in [1.807, 2.05) is 0 Å². The molecule has 0 saturated heterocycles. The summed E-state index contributed by atoms with van der Waals surface area (Å²) in [6.07, 6.45) is 3.10. The number of nitro benzene ring substituents is 1. The monoisotopic (exact) mass is 266 g/mol. The van der Waals surface area contributed by atoms with Crippen molar-refractivity contribution in [3.05, 3.63) is 28.3 Å². The van der Waals surface area contributed by atoms with Gasteiger partial charge in [-0.3, -0.25) is 10.1 Å². The first kappa shape index (κ1) is 13.6. The molecule has 0 amide bonds. The Morgan fingerprint density at radius 1 is 1.37 bits per heavy atom. The normalized spacial score (nSPS) is 22.2. The minimum absolute atomic E-state index is 0.0579. The lowest BCUT2D eigenvalue weighted by atomic mass is 10.1. The van der Waals surface area contributed by atoms with Crippen LogP contribution in [0.15, 0.2) is 18.2 Å². The minimum atomic E-state index is -0.390. The maximum absolute atomic E-state index is 11.0. The molecule has 0 radical (unpaired) electrons. The van der Waals surface area contributed by atoms with Crippen molar-refractivity contribution >= 4 is 11.4 Å². The summed E-state index contributed by atoms with van der Waals surface area (Å²) in [6, 6.07) is 4.81. The average Bonchev–Trinajstić information content (AvgIpc) is 2.85. The highest BCUT2D eigenvalue weighted by atomic mass is 16.6. The van der Waals surface area contributed by atoms with Crippen LogP contribution < -0.4 is 10.1 Å². The maximum atomic E-state index is 11.0. The van der Waals surface area contributed by atoms with Crippen LogP contribution in [0.5, 0.6) is 5.75 Å². The van der Waals surface area contributed by atoms with Crippen molar-refractivity contribution in [3.63, 3.8) is 0 Å². The third kappa shape index (κ3) is 2.96. The van der Waals surface area contributed by atoms with E-state index in [-0.39, 0.29) is 17.8 Å². The molecule has 1 aromatic rings. The molecule has 0 aromatic heterocycles. The van der Waals surface area contributed by atoms with Gasteiger partial charge in [0.2, 0.25) is 0 Å². The third-order valence-corrected chi connectivity index (χ3v) is 3.50. The van der Waals surface area contributed by atoms with E-state index in [9.17, 15) is 10.1 Å². The van der Waals surface area contributed by atoms with Crippen LogP contribution in [-0.2, 0) is 4.74 Å². The summed E-state index contributed by atoms with van der Waals surface area (Å²) in [5.41, 5.74) is 0.542. The fourth-order valence-corrected chi connectivity index (χ4v) is 2.49. The van der Waals surface area contributed by atoms with Gasteiger partial charge >= 0.3 is 0 Å². The minimum Gasteiger partial charge on any atom is -0.497 e. The van der Waals surface area contributed by atoms with Crippen molar-refractivity contribution in [2.24, 2.45) is 0 Å². The van der Waals surface area contributed by atoms with Gasteiger partial charge < -0.3 is 14.8 Å². The molecule has 0 heterocycles. The van der Waals surface area contributed by atoms with Gasteiger partial charge in [0, 0.05) is 19.2 Å². The first-order valence-electron chi connectivity index (χ1n) is 6.27. The van der Waals surface area contributed by atoms with E-state index >= 15 is 0 Å². The molecular weight excluding hydrogens is 248 g/mol. The number of nitrogens with one attached hydrogen (secondary N) is 1. The van der Waals surface area contributed by atoms with E-state index in [0.717, 1.165) is 19.3 Å². The summed E-state index contributed by atoms with van der Waals surface area (Å²) in [6.45, 7) is 0. The molecule has 2 unspecified atom stereocenters. The first-order valence-corrected chi connectivity index (χ1v) is 6.27. The first-order chi connectivity index (χ1) is 9.15. The van der Waals surface area contributed by atoms with Gasteiger partial charge in [-0.2, -0.15) is 0 Å². The van der Waals surface area contributed by atoms with Gasteiger partial charge in [0.1, 0.15) is 11.4 Å². The number of nitrogens with zero attached hydrogens (tertiary/aromatic N) is 1. The zero-order valence-corrected chi connectivity index (χ0v) is 11.1. The van der Waals surface area contributed by atoms with Crippen LogP contribution in [0.2, 0.25) is 0 Å². The number of hydrogen-bond donors (Lipinski definition) is 1. The highest BCUT2D eigenvalue weighted by Gasteiger charge is 2.29. The Morgan fingerprint density at radius 2 is 2.16 bits per heavy atom. The van der Waals surface area contributed by atoms with Gasteiger partial charge in [-0.1, -0.05) is 0 Å². The van der Waals surface area contributed by atoms with Crippen molar-refractivity contribution in [1.82, 2.24) is 0 Å². The Bertz CT molecular complexity index is 464. The lowest BCUT2D eigenvalue weighted by Gasteiger charge is -2.20. The lowest BCUT2D eigenvalue weighted by molar-refractivity contribution is -0.384. The number of nitro groups is 1. The van der Waals surface area contributed by atoms with Crippen molar-refractivity contribution in [2.45, 2.75) is 31.4 Å². The Hall–Kier alpha value is -1.82. The van der Waals surface area contributed by atoms with E-state index in [0.29, 0.717) is 11.4 Å². The van der Waals surface area contributed by atoms with E-state index < -0.39 is 4.92 Å². The summed E-state index contributed by atoms with van der Waals surface area (Å²) in [7, 11) is 3.21. The number of hydrogen-bond acceptors (Lipinski definition) is 5. The third-order valence-electron chi connectivity index (χ3n) is 3.50. The van der Waals surface area contributed by atoms with Gasteiger partial charge in [0.15, 0.2) is 0 Å². The number of anilines is 1. The van der Waals surface area contributed by atoms with E-state index in [4.69, 9.17) is 9.47 Å². The van der Waals surface area contributed by atoms with E-state index in [1.165, 1.54) is 6.07 Å². The van der Waals surface area contributed by atoms with Gasteiger partial charge in [-0.05, 0) is 25.3 Å². The van der Waals surface area contributed by atoms with Gasteiger partial charge in [-0.25, -0.2) is 0 Å². The van der Waals surface area contributed by atoms with Crippen molar-refractivity contribution in [1.29, 1.82) is 0 Å². The molecule has 6 nitrogen and oxygen atoms in total. The molecule has 2 rings (SSSR count). The van der Waals surface area contributed by atoms with E-state index in [2.05, 4.69) is 5.32 Å².